The monoisotopic (exact) mass is 259 g/mol. The highest BCUT2D eigenvalue weighted by atomic mass is 16.7. The van der Waals surface area contributed by atoms with Gasteiger partial charge >= 0.3 is 7.25 Å². The largest absolute Gasteiger partial charge is 0.580 e. The van der Waals surface area contributed by atoms with Gasteiger partial charge in [-0.1, -0.05) is 0 Å². The van der Waals surface area contributed by atoms with E-state index in [-0.39, 0.29) is 0 Å². The van der Waals surface area contributed by atoms with Gasteiger partial charge in [-0.3, -0.25) is 4.84 Å². The normalized spacial score (nSPS) is 23.5. The predicted molar refractivity (Wildman–Crippen MR) is 70.7 cm³/mol. The van der Waals surface area contributed by atoms with Crippen molar-refractivity contribution >= 4 is 7.25 Å². The van der Waals surface area contributed by atoms with E-state index in [9.17, 15) is 5.11 Å². The highest BCUT2D eigenvalue weighted by Gasteiger charge is 2.52. The van der Waals surface area contributed by atoms with Gasteiger partial charge in [-0.25, -0.2) is 0 Å². The van der Waals surface area contributed by atoms with Crippen molar-refractivity contribution in [2.24, 2.45) is 0 Å². The maximum atomic E-state index is 9.98. The number of hydrogen-bond donors (Lipinski definition) is 2. The molecule has 0 aromatic heterocycles. The predicted octanol–water partition coefficient (Wildman–Crippen LogP) is 1.65. The standard InChI is InChI=1S/C12H26BNO4/c1-9(2,15)10(3,4)18-14-13-16-11(5,6)12(7,8)17-13/h14-15H,1-8H3. The van der Waals surface area contributed by atoms with Crippen LogP contribution in [0.3, 0.4) is 0 Å². The highest BCUT2D eigenvalue weighted by Crippen LogP contribution is 2.36. The maximum Gasteiger partial charge on any atom is 0.580 e. The summed E-state index contributed by atoms with van der Waals surface area (Å²) in [5.41, 5.74) is -2.57. The third-order valence-electron chi connectivity index (χ3n) is 4.14. The van der Waals surface area contributed by atoms with Crippen LogP contribution in [0.25, 0.3) is 0 Å². The first-order valence-electron chi connectivity index (χ1n) is 6.30. The van der Waals surface area contributed by atoms with Crippen molar-refractivity contribution in [2.45, 2.75) is 77.8 Å². The topological polar surface area (TPSA) is 60.0 Å². The molecule has 0 bridgehead atoms. The van der Waals surface area contributed by atoms with E-state index < -0.39 is 29.7 Å². The van der Waals surface area contributed by atoms with Crippen molar-refractivity contribution in [1.29, 1.82) is 0 Å². The summed E-state index contributed by atoms with van der Waals surface area (Å²) < 4.78 is 11.5. The first kappa shape index (κ1) is 15.9. The molecule has 1 aliphatic heterocycles. The molecule has 0 aliphatic carbocycles. The lowest BCUT2D eigenvalue weighted by Gasteiger charge is -2.36. The Balaban J connectivity index is 2.58. The lowest BCUT2D eigenvalue weighted by Crippen LogP contribution is -2.53. The van der Waals surface area contributed by atoms with E-state index in [0.717, 1.165) is 0 Å². The second-order valence-electron chi connectivity index (χ2n) is 6.88. The second kappa shape index (κ2) is 4.46. The van der Waals surface area contributed by atoms with Gasteiger partial charge in [0.25, 0.3) is 0 Å². The van der Waals surface area contributed by atoms with Gasteiger partial charge < -0.3 is 14.4 Å². The van der Waals surface area contributed by atoms with Gasteiger partial charge in [0.2, 0.25) is 0 Å². The Morgan fingerprint density at radius 3 is 1.72 bits per heavy atom. The van der Waals surface area contributed by atoms with E-state index in [0.29, 0.717) is 0 Å². The van der Waals surface area contributed by atoms with Crippen molar-refractivity contribution in [1.82, 2.24) is 5.39 Å². The first-order chi connectivity index (χ1) is 7.79. The fraction of sp³-hybridized carbons (Fsp3) is 1.00. The molecule has 1 saturated heterocycles. The van der Waals surface area contributed by atoms with Crippen LogP contribution in [0.15, 0.2) is 0 Å². The summed E-state index contributed by atoms with van der Waals surface area (Å²) >= 11 is 0. The second-order valence-corrected chi connectivity index (χ2v) is 6.88. The van der Waals surface area contributed by atoms with Crippen LogP contribution in [0, 0.1) is 0 Å². The third kappa shape index (κ3) is 3.06. The fourth-order valence-corrected chi connectivity index (χ4v) is 1.21. The van der Waals surface area contributed by atoms with Crippen LogP contribution in [0.2, 0.25) is 0 Å². The first-order valence-corrected chi connectivity index (χ1v) is 6.30. The molecule has 1 heterocycles. The van der Waals surface area contributed by atoms with Crippen molar-refractivity contribution in [3.63, 3.8) is 0 Å². The SMILES string of the molecule is CC(C)(O)C(C)(C)ONB1OC(C)(C)C(C)(C)O1. The van der Waals surface area contributed by atoms with Crippen molar-refractivity contribution in [3.8, 4) is 0 Å². The van der Waals surface area contributed by atoms with Crippen LogP contribution in [0.5, 0.6) is 0 Å². The smallest absolute Gasteiger partial charge is 0.388 e. The lowest BCUT2D eigenvalue weighted by molar-refractivity contribution is -0.171. The molecule has 1 fully saturated rings. The molecule has 106 valence electrons. The minimum atomic E-state index is -0.982. The summed E-state index contributed by atoms with van der Waals surface area (Å²) in [5, 5.41) is 12.7. The average Bonchev–Trinajstić information content (AvgIpc) is 2.30. The van der Waals surface area contributed by atoms with Gasteiger partial charge in [0, 0.05) is 0 Å². The molecule has 0 radical (unpaired) electrons. The Morgan fingerprint density at radius 2 is 1.39 bits per heavy atom. The quantitative estimate of drug-likeness (QED) is 0.593. The Morgan fingerprint density at radius 1 is 1.00 bits per heavy atom. The van der Waals surface area contributed by atoms with Crippen LogP contribution in [0.4, 0.5) is 0 Å². The molecule has 0 aromatic rings. The van der Waals surface area contributed by atoms with Crippen LogP contribution in [0.1, 0.15) is 55.4 Å². The van der Waals surface area contributed by atoms with Gasteiger partial charge in [-0.05, 0) is 55.4 Å². The van der Waals surface area contributed by atoms with Gasteiger partial charge in [0.15, 0.2) is 0 Å². The van der Waals surface area contributed by atoms with Crippen molar-refractivity contribution < 1.29 is 19.3 Å². The molecule has 0 aromatic carbocycles. The summed E-state index contributed by atoms with van der Waals surface area (Å²) in [7, 11) is -0.642. The van der Waals surface area contributed by atoms with E-state index in [1.165, 1.54) is 0 Å². The molecule has 18 heavy (non-hydrogen) atoms. The molecule has 5 nitrogen and oxygen atoms in total. The molecule has 0 atom stereocenters. The molecule has 1 aliphatic rings. The van der Waals surface area contributed by atoms with E-state index in [2.05, 4.69) is 5.39 Å². The third-order valence-corrected chi connectivity index (χ3v) is 4.14. The number of rotatable bonds is 4. The Hall–Kier alpha value is -0.135. The summed E-state index contributed by atoms with van der Waals surface area (Å²) in [6, 6.07) is 0. The minimum Gasteiger partial charge on any atom is -0.388 e. The summed E-state index contributed by atoms with van der Waals surface area (Å²) in [5.74, 6) is 0. The molecule has 1 rings (SSSR count). The van der Waals surface area contributed by atoms with Crippen LogP contribution in [-0.4, -0.2) is 34.8 Å². The highest BCUT2D eigenvalue weighted by molar-refractivity contribution is 6.41. The fourth-order valence-electron chi connectivity index (χ4n) is 1.21. The number of hydrogen-bond acceptors (Lipinski definition) is 5. The summed E-state index contributed by atoms with van der Waals surface area (Å²) in [6.45, 7) is 14.9. The van der Waals surface area contributed by atoms with Gasteiger partial charge in [0.1, 0.15) is 5.60 Å². The minimum absolute atomic E-state index is 0.410. The van der Waals surface area contributed by atoms with Gasteiger partial charge in [-0.2, -0.15) is 5.39 Å². The molecule has 0 unspecified atom stereocenters. The number of aliphatic hydroxyl groups is 1. The zero-order chi connectivity index (χ0) is 14.4. The molecule has 0 spiro atoms. The molecule has 6 heteroatoms. The summed E-state index contributed by atoms with van der Waals surface area (Å²) in [6.07, 6.45) is 0. The van der Waals surface area contributed by atoms with Crippen molar-refractivity contribution in [3.05, 3.63) is 0 Å². The van der Waals surface area contributed by atoms with Gasteiger partial charge in [-0.15, -0.1) is 0 Å². The van der Waals surface area contributed by atoms with E-state index in [1.807, 2.05) is 27.7 Å². The zero-order valence-corrected chi connectivity index (χ0v) is 12.7. The average molecular weight is 259 g/mol. The maximum absolute atomic E-state index is 9.98. The van der Waals surface area contributed by atoms with Crippen molar-refractivity contribution in [2.75, 3.05) is 0 Å². The van der Waals surface area contributed by atoms with Crippen LogP contribution in [-0.2, 0) is 14.1 Å². The van der Waals surface area contributed by atoms with Crippen LogP contribution < -0.4 is 5.39 Å². The molecular weight excluding hydrogens is 233 g/mol. The van der Waals surface area contributed by atoms with E-state index >= 15 is 0 Å². The van der Waals surface area contributed by atoms with E-state index in [1.54, 1.807) is 27.7 Å². The Kier molecular flexibility index (Phi) is 3.94. The molecule has 2 N–H and O–H groups in total. The molecule has 0 amide bonds. The van der Waals surface area contributed by atoms with E-state index in [4.69, 9.17) is 14.1 Å². The summed E-state index contributed by atoms with van der Waals surface area (Å²) in [4.78, 5) is 5.51. The van der Waals surface area contributed by atoms with Gasteiger partial charge in [0.05, 0.1) is 16.8 Å². The zero-order valence-electron chi connectivity index (χ0n) is 12.7. The van der Waals surface area contributed by atoms with Crippen LogP contribution >= 0.6 is 0 Å². The Bertz CT molecular complexity index is 294. The molecule has 0 saturated carbocycles. The number of nitrogens with one attached hydrogen (secondary N) is 1. The Labute approximate surface area is 110 Å². The lowest BCUT2D eigenvalue weighted by atomic mass is 9.90. The molecular formula is C12H26BNO4.